The van der Waals surface area contributed by atoms with Crippen LogP contribution in [0.25, 0.3) is 0 Å². The van der Waals surface area contributed by atoms with Crippen molar-refractivity contribution < 1.29 is 22.7 Å². The van der Waals surface area contributed by atoms with Gasteiger partial charge in [0.1, 0.15) is 18.3 Å². The normalized spacial score (nSPS) is 14.1. The standard InChI is InChI=1S/C38H41BrClN3O5S/c1-27-16-19-33(20-17-27)49(46,47)43(32-18-21-36(48-2)34(40)24-32)26-37(44)42(25-29-12-9-13-30(39)22-29)35(23-28-10-5-3-6-11-28)38(45)41-31-14-7-4-8-15-31/h3,5-6,9-13,16-22,24,31,35H,4,7-8,14-15,23,25-26H2,1-2H3,(H,41,45)/t35-/m1/s1. The number of sulfonamides is 1. The molecule has 1 N–H and O–H groups in total. The predicted octanol–water partition coefficient (Wildman–Crippen LogP) is 7.70. The van der Waals surface area contributed by atoms with Crippen LogP contribution < -0.4 is 14.4 Å². The highest BCUT2D eigenvalue weighted by Gasteiger charge is 2.35. The molecule has 0 heterocycles. The number of methoxy groups -OCH3 is 1. The minimum Gasteiger partial charge on any atom is -0.495 e. The molecule has 49 heavy (non-hydrogen) atoms. The van der Waals surface area contributed by atoms with Crippen LogP contribution >= 0.6 is 27.5 Å². The smallest absolute Gasteiger partial charge is 0.264 e. The van der Waals surface area contributed by atoms with Crippen LogP contribution in [0.5, 0.6) is 5.75 Å². The zero-order valence-electron chi connectivity index (χ0n) is 27.6. The maximum Gasteiger partial charge on any atom is 0.264 e. The van der Waals surface area contributed by atoms with Gasteiger partial charge in [0.25, 0.3) is 10.0 Å². The van der Waals surface area contributed by atoms with Crippen LogP contribution in [-0.2, 0) is 32.6 Å². The van der Waals surface area contributed by atoms with E-state index in [2.05, 4.69) is 21.2 Å². The van der Waals surface area contributed by atoms with Crippen molar-refractivity contribution in [3.05, 3.63) is 123 Å². The molecule has 4 aromatic carbocycles. The topological polar surface area (TPSA) is 96.0 Å². The van der Waals surface area contributed by atoms with E-state index in [1.807, 2.05) is 61.5 Å². The van der Waals surface area contributed by atoms with E-state index in [0.717, 1.165) is 57.6 Å². The molecule has 1 aliphatic rings. The van der Waals surface area contributed by atoms with Crippen LogP contribution in [0.1, 0.15) is 48.8 Å². The monoisotopic (exact) mass is 765 g/mol. The lowest BCUT2D eigenvalue weighted by Gasteiger charge is -2.35. The number of benzene rings is 4. The Balaban J connectivity index is 1.58. The molecule has 1 saturated carbocycles. The highest BCUT2D eigenvalue weighted by Crippen LogP contribution is 2.32. The molecule has 0 bridgehead atoms. The van der Waals surface area contributed by atoms with Crippen molar-refractivity contribution in [3.63, 3.8) is 0 Å². The van der Waals surface area contributed by atoms with Crippen molar-refractivity contribution in [1.82, 2.24) is 10.2 Å². The second-order valence-electron chi connectivity index (χ2n) is 12.3. The maximum atomic E-state index is 14.8. The summed E-state index contributed by atoms with van der Waals surface area (Å²) in [5.74, 6) is -0.440. The van der Waals surface area contributed by atoms with E-state index in [1.165, 1.54) is 30.2 Å². The highest BCUT2D eigenvalue weighted by molar-refractivity contribution is 9.10. The second kappa shape index (κ2) is 16.7. The van der Waals surface area contributed by atoms with Gasteiger partial charge in [0, 0.05) is 23.5 Å². The van der Waals surface area contributed by atoms with Gasteiger partial charge in [0.2, 0.25) is 11.8 Å². The van der Waals surface area contributed by atoms with E-state index in [4.69, 9.17) is 16.3 Å². The van der Waals surface area contributed by atoms with Crippen molar-refractivity contribution in [3.8, 4) is 5.75 Å². The minimum absolute atomic E-state index is 0.0159. The molecule has 0 saturated heterocycles. The Morgan fingerprint density at radius 2 is 1.61 bits per heavy atom. The lowest BCUT2D eigenvalue weighted by molar-refractivity contribution is -0.140. The summed E-state index contributed by atoms with van der Waals surface area (Å²) < 4.78 is 35.8. The summed E-state index contributed by atoms with van der Waals surface area (Å²) in [6.07, 6.45) is 5.21. The van der Waals surface area contributed by atoms with Gasteiger partial charge in [-0.2, -0.15) is 0 Å². The van der Waals surface area contributed by atoms with Crippen LogP contribution in [0.4, 0.5) is 5.69 Å². The SMILES string of the molecule is COc1ccc(N(CC(=O)N(Cc2cccc(Br)c2)[C@H](Cc2ccccc2)C(=O)NC2CCCCC2)S(=O)(=O)c2ccc(C)cc2)cc1Cl. The lowest BCUT2D eigenvalue weighted by atomic mass is 9.94. The van der Waals surface area contributed by atoms with Crippen molar-refractivity contribution in [1.29, 1.82) is 0 Å². The van der Waals surface area contributed by atoms with Crippen LogP contribution in [0.3, 0.4) is 0 Å². The second-order valence-corrected chi connectivity index (χ2v) is 15.5. The first-order chi connectivity index (χ1) is 23.5. The fourth-order valence-corrected chi connectivity index (χ4v) is 8.21. The van der Waals surface area contributed by atoms with Crippen LogP contribution in [0.15, 0.2) is 106 Å². The number of anilines is 1. The zero-order chi connectivity index (χ0) is 35.0. The number of nitrogens with one attached hydrogen (secondary N) is 1. The van der Waals surface area contributed by atoms with Crippen molar-refractivity contribution in [2.45, 2.75) is 69.0 Å². The number of halogens is 2. The third kappa shape index (κ3) is 9.44. The number of carbonyl (C=O) groups is 2. The number of nitrogens with zero attached hydrogens (tertiary/aromatic N) is 2. The van der Waals surface area contributed by atoms with E-state index in [1.54, 1.807) is 24.3 Å². The van der Waals surface area contributed by atoms with Crippen molar-refractivity contribution in [2.24, 2.45) is 0 Å². The molecule has 11 heteroatoms. The van der Waals surface area contributed by atoms with Gasteiger partial charge in [-0.05, 0) is 73.4 Å². The Hall–Kier alpha value is -3.86. The van der Waals surface area contributed by atoms with Gasteiger partial charge in [-0.3, -0.25) is 13.9 Å². The van der Waals surface area contributed by atoms with Crippen LogP contribution in [0.2, 0.25) is 5.02 Å². The lowest BCUT2D eigenvalue weighted by Crippen LogP contribution is -2.55. The number of hydrogen-bond acceptors (Lipinski definition) is 5. The molecule has 1 aliphatic carbocycles. The first kappa shape index (κ1) is 36.4. The summed E-state index contributed by atoms with van der Waals surface area (Å²) in [6, 6.07) is 27.2. The molecule has 0 spiro atoms. The van der Waals surface area contributed by atoms with Gasteiger partial charge in [-0.15, -0.1) is 0 Å². The summed E-state index contributed by atoms with van der Waals surface area (Å²) in [7, 11) is -2.80. The zero-order valence-corrected chi connectivity index (χ0v) is 30.8. The van der Waals surface area contributed by atoms with E-state index in [9.17, 15) is 18.0 Å². The molecular weight excluding hydrogens is 726 g/mol. The molecule has 8 nitrogen and oxygen atoms in total. The Morgan fingerprint density at radius 1 is 0.918 bits per heavy atom. The van der Waals surface area contributed by atoms with Crippen LogP contribution in [0, 0.1) is 6.92 Å². The molecule has 0 radical (unpaired) electrons. The van der Waals surface area contributed by atoms with Crippen molar-refractivity contribution >= 4 is 55.1 Å². The van der Waals surface area contributed by atoms with Gasteiger partial charge in [0.05, 0.1) is 22.7 Å². The summed E-state index contributed by atoms with van der Waals surface area (Å²) in [5, 5.41) is 3.42. The van der Waals surface area contributed by atoms with Gasteiger partial charge >= 0.3 is 0 Å². The van der Waals surface area contributed by atoms with Gasteiger partial charge < -0.3 is 15.0 Å². The first-order valence-corrected chi connectivity index (χ1v) is 19.0. The average Bonchev–Trinajstić information content (AvgIpc) is 3.09. The molecule has 0 unspecified atom stereocenters. The quantitative estimate of drug-likeness (QED) is 0.151. The third-order valence-electron chi connectivity index (χ3n) is 8.78. The molecule has 5 rings (SSSR count). The van der Waals surface area contributed by atoms with Gasteiger partial charge in [0.15, 0.2) is 0 Å². The minimum atomic E-state index is -4.26. The first-order valence-electron chi connectivity index (χ1n) is 16.4. The Kier molecular flexibility index (Phi) is 12.4. The van der Waals surface area contributed by atoms with Gasteiger partial charge in [-0.25, -0.2) is 8.42 Å². The summed E-state index contributed by atoms with van der Waals surface area (Å²) in [5.41, 5.74) is 2.74. The fourth-order valence-electron chi connectivity index (χ4n) is 6.11. The van der Waals surface area contributed by atoms with E-state index < -0.39 is 28.5 Å². The molecule has 0 aromatic heterocycles. The number of ether oxygens (including phenoxy) is 1. The number of hydrogen-bond donors (Lipinski definition) is 1. The third-order valence-corrected chi connectivity index (χ3v) is 11.4. The fraction of sp³-hybridized carbons (Fsp3) is 0.316. The number of carbonyl (C=O) groups excluding carboxylic acids is 2. The molecule has 0 aliphatic heterocycles. The Bertz CT molecular complexity index is 1850. The number of rotatable bonds is 13. The predicted molar refractivity (Wildman–Crippen MR) is 197 cm³/mol. The summed E-state index contributed by atoms with van der Waals surface area (Å²) >= 11 is 10.0. The molecule has 1 fully saturated rings. The highest BCUT2D eigenvalue weighted by atomic mass is 79.9. The maximum absolute atomic E-state index is 14.8. The largest absolute Gasteiger partial charge is 0.495 e. The average molecular weight is 767 g/mol. The Labute approximate surface area is 302 Å². The summed E-state index contributed by atoms with van der Waals surface area (Å²) in [6.45, 7) is 1.37. The molecule has 4 aromatic rings. The van der Waals surface area contributed by atoms with E-state index in [-0.39, 0.29) is 40.5 Å². The molecule has 2 amide bonds. The van der Waals surface area contributed by atoms with Crippen LogP contribution in [-0.4, -0.2) is 50.9 Å². The van der Waals surface area contributed by atoms with Crippen molar-refractivity contribution in [2.75, 3.05) is 18.0 Å². The number of aryl methyl sites for hydroxylation is 1. The summed E-state index contributed by atoms with van der Waals surface area (Å²) in [4.78, 5) is 30.5. The number of amides is 2. The molecular formula is C38H41BrClN3O5S. The Morgan fingerprint density at radius 3 is 2.27 bits per heavy atom. The molecule has 1 atom stereocenters. The van der Waals surface area contributed by atoms with E-state index >= 15 is 0 Å². The van der Waals surface area contributed by atoms with Gasteiger partial charge in [-0.1, -0.05) is 107 Å². The molecule has 258 valence electrons. The van der Waals surface area contributed by atoms with E-state index in [0.29, 0.717) is 5.75 Å².